The molecule has 0 aromatic carbocycles. The minimum absolute atomic E-state index is 0.400. The summed E-state index contributed by atoms with van der Waals surface area (Å²) in [6.45, 7) is 5.02. The van der Waals surface area contributed by atoms with Crippen molar-refractivity contribution in [1.29, 1.82) is 0 Å². The van der Waals surface area contributed by atoms with Crippen molar-refractivity contribution < 1.29 is 15.0 Å². The minimum Gasteiger partial charge on any atom is -0.368 e. The van der Waals surface area contributed by atoms with Crippen LogP contribution in [-0.2, 0) is 4.79 Å². The van der Waals surface area contributed by atoms with Gasteiger partial charge in [-0.3, -0.25) is 4.79 Å². The Bertz CT molecular complexity index is 529. The molecule has 3 heteroatoms. The molecule has 4 rings (SSSR count). The fraction of sp³-hybridized carbons (Fsp3) is 0.955. The van der Waals surface area contributed by atoms with Crippen LogP contribution in [-0.4, -0.2) is 22.3 Å². The van der Waals surface area contributed by atoms with Crippen molar-refractivity contribution in [2.24, 2.45) is 40.4 Å². The van der Waals surface area contributed by atoms with Crippen LogP contribution in [0.2, 0.25) is 0 Å². The highest BCUT2D eigenvalue weighted by atomic mass is 16.5. The lowest BCUT2D eigenvalue weighted by atomic mass is 9.44. The zero-order valence-electron chi connectivity index (χ0n) is 16.0. The van der Waals surface area contributed by atoms with Crippen LogP contribution in [0.5, 0.6) is 0 Å². The van der Waals surface area contributed by atoms with Gasteiger partial charge in [-0.1, -0.05) is 13.8 Å². The Labute approximate surface area is 152 Å². The number of aliphatic hydroxyl groups is 2. The smallest absolute Gasteiger partial charge is 0.151 e. The second-order valence-electron chi connectivity index (χ2n) is 10.3. The zero-order chi connectivity index (χ0) is 17.8. The lowest BCUT2D eigenvalue weighted by Gasteiger charge is -2.60. The summed E-state index contributed by atoms with van der Waals surface area (Å²) in [5.74, 6) is 4.30. The van der Waals surface area contributed by atoms with Crippen molar-refractivity contribution in [3.63, 3.8) is 0 Å². The van der Waals surface area contributed by atoms with E-state index in [2.05, 4.69) is 13.8 Å². The van der Waals surface area contributed by atoms with Gasteiger partial charge in [-0.05, 0) is 98.2 Å². The summed E-state index contributed by atoms with van der Waals surface area (Å²) in [5, 5.41) is 18.6. The molecule has 0 aliphatic heterocycles. The minimum atomic E-state index is -1.15. The molecule has 4 fully saturated rings. The van der Waals surface area contributed by atoms with Gasteiger partial charge in [0, 0.05) is 12.8 Å². The Kier molecular flexibility index (Phi) is 4.56. The van der Waals surface area contributed by atoms with E-state index in [-0.39, 0.29) is 0 Å². The van der Waals surface area contributed by atoms with Gasteiger partial charge >= 0.3 is 0 Å². The van der Waals surface area contributed by atoms with Crippen LogP contribution in [0, 0.1) is 40.4 Å². The van der Waals surface area contributed by atoms with E-state index in [1.165, 1.54) is 38.5 Å². The molecule has 4 saturated carbocycles. The molecule has 0 radical (unpaired) electrons. The topological polar surface area (TPSA) is 57.5 Å². The average Bonchev–Trinajstić information content (AvgIpc) is 2.90. The molecule has 0 spiro atoms. The van der Waals surface area contributed by atoms with E-state index in [4.69, 9.17) is 0 Å². The molecular formula is C22H36O3. The van der Waals surface area contributed by atoms with Crippen LogP contribution in [0.1, 0.15) is 84.5 Å². The summed E-state index contributed by atoms with van der Waals surface area (Å²) in [4.78, 5) is 12.0. The number of aliphatic hydroxyl groups excluding tert-OH is 1. The van der Waals surface area contributed by atoms with Gasteiger partial charge in [-0.25, -0.2) is 0 Å². The molecule has 0 saturated heterocycles. The highest BCUT2D eigenvalue weighted by Gasteiger charge is 2.59. The molecule has 7 atom stereocenters. The molecule has 3 nitrogen and oxygen atoms in total. The molecule has 2 N–H and O–H groups in total. The molecule has 142 valence electrons. The van der Waals surface area contributed by atoms with Crippen molar-refractivity contribution in [3.8, 4) is 0 Å². The van der Waals surface area contributed by atoms with Crippen LogP contribution < -0.4 is 0 Å². The molecule has 25 heavy (non-hydrogen) atoms. The SMILES string of the molecule is C[C@]12CCC(=O)CC1CC[C@@H]1[C@H]2CC[C@]2(C)C(CCC(O)O)CC[C@@H]12. The van der Waals surface area contributed by atoms with Gasteiger partial charge < -0.3 is 10.2 Å². The van der Waals surface area contributed by atoms with Crippen molar-refractivity contribution >= 4 is 5.78 Å². The molecule has 4 aliphatic rings. The van der Waals surface area contributed by atoms with Crippen LogP contribution in [0.4, 0.5) is 0 Å². The van der Waals surface area contributed by atoms with Gasteiger partial charge in [-0.15, -0.1) is 0 Å². The van der Waals surface area contributed by atoms with Crippen molar-refractivity contribution in [1.82, 2.24) is 0 Å². The lowest BCUT2D eigenvalue weighted by Crippen LogP contribution is -2.53. The predicted octanol–water partition coefficient (Wildman–Crippen LogP) is 4.31. The second-order valence-corrected chi connectivity index (χ2v) is 10.3. The third kappa shape index (κ3) is 2.81. The molecule has 0 aromatic rings. The second kappa shape index (κ2) is 6.34. The van der Waals surface area contributed by atoms with Gasteiger partial charge in [0.05, 0.1) is 0 Å². The number of hydrogen-bond donors (Lipinski definition) is 2. The first-order valence-electron chi connectivity index (χ1n) is 10.7. The maximum Gasteiger partial charge on any atom is 0.151 e. The third-order valence-electron chi connectivity index (χ3n) is 9.45. The van der Waals surface area contributed by atoms with Gasteiger partial charge in [0.1, 0.15) is 5.78 Å². The number of hydrogen-bond acceptors (Lipinski definition) is 3. The van der Waals surface area contributed by atoms with E-state index in [0.717, 1.165) is 43.4 Å². The van der Waals surface area contributed by atoms with Gasteiger partial charge in [-0.2, -0.15) is 0 Å². The van der Waals surface area contributed by atoms with Gasteiger partial charge in [0.15, 0.2) is 6.29 Å². The van der Waals surface area contributed by atoms with E-state index in [1.807, 2.05) is 0 Å². The van der Waals surface area contributed by atoms with Crippen LogP contribution >= 0.6 is 0 Å². The zero-order valence-corrected chi connectivity index (χ0v) is 16.0. The highest BCUT2D eigenvalue weighted by molar-refractivity contribution is 5.79. The van der Waals surface area contributed by atoms with Gasteiger partial charge in [0.2, 0.25) is 0 Å². The van der Waals surface area contributed by atoms with E-state index in [9.17, 15) is 15.0 Å². The normalized spacial score (nSPS) is 49.6. The quantitative estimate of drug-likeness (QED) is 0.747. The summed E-state index contributed by atoms with van der Waals surface area (Å²) in [6, 6.07) is 0. The Hall–Kier alpha value is -0.410. The molecule has 0 amide bonds. The summed E-state index contributed by atoms with van der Waals surface area (Å²) in [5.41, 5.74) is 0.807. The van der Waals surface area contributed by atoms with Gasteiger partial charge in [0.25, 0.3) is 0 Å². The number of Topliss-reactive ketones (excluding diaryl/α,β-unsaturated/α-hetero) is 1. The maximum absolute atomic E-state index is 12.0. The molecule has 0 aromatic heterocycles. The first kappa shape index (κ1) is 18.0. The highest BCUT2D eigenvalue weighted by Crippen LogP contribution is 2.67. The van der Waals surface area contributed by atoms with E-state index >= 15 is 0 Å². The predicted molar refractivity (Wildman–Crippen MR) is 97.7 cm³/mol. The summed E-state index contributed by atoms with van der Waals surface area (Å²) in [6.07, 6.45) is 11.0. The van der Waals surface area contributed by atoms with Crippen LogP contribution in [0.3, 0.4) is 0 Å². The third-order valence-corrected chi connectivity index (χ3v) is 9.45. The molecule has 2 unspecified atom stereocenters. The Morgan fingerprint density at radius 1 is 1.00 bits per heavy atom. The standard InChI is InChI=1S/C22H36O3/c1-21-12-10-19-17(18(21)7-4-14(21)5-8-20(24)25)6-3-15-13-16(23)9-11-22(15,19)2/h14-15,17-20,24-25H,3-13H2,1-2H3/t14?,15?,17-,18-,19+,21+,22-/m0/s1. The Balaban J connectivity index is 1.53. The Morgan fingerprint density at radius 3 is 2.52 bits per heavy atom. The molecular weight excluding hydrogens is 312 g/mol. The van der Waals surface area contributed by atoms with Crippen molar-refractivity contribution in [2.45, 2.75) is 90.8 Å². The molecule has 0 heterocycles. The molecule has 0 bridgehead atoms. The van der Waals surface area contributed by atoms with Crippen LogP contribution in [0.15, 0.2) is 0 Å². The summed E-state index contributed by atoms with van der Waals surface area (Å²) >= 11 is 0. The van der Waals surface area contributed by atoms with Crippen LogP contribution in [0.25, 0.3) is 0 Å². The first-order chi connectivity index (χ1) is 11.8. The van der Waals surface area contributed by atoms with E-state index in [0.29, 0.717) is 34.9 Å². The van der Waals surface area contributed by atoms with Crippen molar-refractivity contribution in [2.75, 3.05) is 0 Å². The largest absolute Gasteiger partial charge is 0.368 e. The maximum atomic E-state index is 12.0. The molecule has 4 aliphatic carbocycles. The van der Waals surface area contributed by atoms with E-state index in [1.54, 1.807) is 0 Å². The number of ketones is 1. The fourth-order valence-electron chi connectivity index (χ4n) is 7.98. The average molecular weight is 349 g/mol. The first-order valence-corrected chi connectivity index (χ1v) is 10.7. The number of rotatable bonds is 3. The summed E-state index contributed by atoms with van der Waals surface area (Å²) in [7, 11) is 0. The van der Waals surface area contributed by atoms with Crippen molar-refractivity contribution in [3.05, 3.63) is 0 Å². The fourth-order valence-corrected chi connectivity index (χ4v) is 7.98. The monoisotopic (exact) mass is 348 g/mol. The number of carbonyl (C=O) groups is 1. The number of carbonyl (C=O) groups excluding carboxylic acids is 1. The lowest BCUT2D eigenvalue weighted by molar-refractivity contribution is -0.140. The Morgan fingerprint density at radius 2 is 1.76 bits per heavy atom. The number of fused-ring (bicyclic) bond motifs is 5. The van der Waals surface area contributed by atoms with E-state index < -0.39 is 6.29 Å². The summed E-state index contributed by atoms with van der Waals surface area (Å²) < 4.78 is 0.